The van der Waals surface area contributed by atoms with Crippen molar-refractivity contribution in [2.45, 2.75) is 246 Å². The lowest BCUT2D eigenvalue weighted by Gasteiger charge is -2.34. The smallest absolute Gasteiger partial charge is 0.243 e. The maximum atomic E-state index is 13.8. The van der Waals surface area contributed by atoms with Crippen LogP contribution in [0.3, 0.4) is 0 Å². The summed E-state index contributed by atoms with van der Waals surface area (Å²) in [5.74, 6) is -0.383. The second kappa shape index (κ2) is 49.9. The third kappa shape index (κ3) is 38.3. The van der Waals surface area contributed by atoms with Crippen LogP contribution >= 0.6 is 0 Å². The minimum absolute atomic E-state index is 0.0260. The van der Waals surface area contributed by atoms with Crippen LogP contribution < -0.4 is 10.6 Å². The van der Waals surface area contributed by atoms with Crippen molar-refractivity contribution in [3.8, 4) is 0 Å². The van der Waals surface area contributed by atoms with Gasteiger partial charge in [0.15, 0.2) is 0 Å². The Morgan fingerprint density at radius 3 is 1.07 bits per heavy atom. The van der Waals surface area contributed by atoms with Crippen LogP contribution in [-0.4, -0.2) is 120 Å². The van der Waals surface area contributed by atoms with Gasteiger partial charge < -0.3 is 35.5 Å². The van der Waals surface area contributed by atoms with E-state index in [0.29, 0.717) is 65.0 Å². The second-order valence-electron chi connectivity index (χ2n) is 21.0. The molecule has 0 saturated carbocycles. The molecule has 0 aliphatic rings. The number of amides is 4. The minimum Gasteiger partial charge on any atom is -0.396 e. The average molecular weight is 1010 g/mol. The van der Waals surface area contributed by atoms with Gasteiger partial charge in [-0.3, -0.25) is 19.2 Å². The number of allylic oxidation sites excluding steroid dienone is 8. The molecule has 72 heavy (non-hydrogen) atoms. The molecule has 2 atom stereocenters. The van der Waals surface area contributed by atoms with Gasteiger partial charge in [0.25, 0.3) is 0 Å². The molecule has 2 unspecified atom stereocenters. The van der Waals surface area contributed by atoms with Gasteiger partial charge in [-0.15, -0.1) is 0 Å². The molecule has 0 fully saturated rings. The molecule has 0 saturated heterocycles. The van der Waals surface area contributed by atoms with Crippen molar-refractivity contribution in [2.24, 2.45) is 11.8 Å². The molecule has 0 heterocycles. The van der Waals surface area contributed by atoms with Crippen molar-refractivity contribution in [3.05, 3.63) is 48.6 Å². The first kappa shape index (κ1) is 68.7. The molecule has 4 N–H and O–H groups in total. The number of likely N-dealkylation sites (N-methyl/N-ethyl adjacent to an activating group) is 1. The summed E-state index contributed by atoms with van der Waals surface area (Å²) < 4.78 is 0. The summed E-state index contributed by atoms with van der Waals surface area (Å²) in [5.41, 5.74) is 0. The molecule has 0 aromatic rings. The lowest BCUT2D eigenvalue weighted by Crippen LogP contribution is -2.54. The van der Waals surface area contributed by atoms with Gasteiger partial charge >= 0.3 is 0 Å². The topological polar surface area (TPSA) is 143 Å². The summed E-state index contributed by atoms with van der Waals surface area (Å²) in [7, 11) is 1.96. The van der Waals surface area contributed by atoms with Crippen LogP contribution in [0.15, 0.2) is 48.6 Å². The van der Waals surface area contributed by atoms with E-state index in [9.17, 15) is 29.4 Å². The van der Waals surface area contributed by atoms with Crippen LogP contribution in [0, 0.1) is 11.8 Å². The van der Waals surface area contributed by atoms with E-state index in [4.69, 9.17) is 0 Å². The number of hydrogen-bond donors (Lipinski definition) is 4. The summed E-state index contributed by atoms with van der Waals surface area (Å²) in [6, 6.07) is -1.15. The normalized spacial score (nSPS) is 12.9. The van der Waals surface area contributed by atoms with Gasteiger partial charge in [0, 0.05) is 65.3 Å². The summed E-state index contributed by atoms with van der Waals surface area (Å²) in [6.45, 7) is 15.6. The number of hydrogen-bond acceptors (Lipinski definition) is 7. The van der Waals surface area contributed by atoms with Crippen molar-refractivity contribution in [2.75, 3.05) is 59.5 Å². The largest absolute Gasteiger partial charge is 0.396 e. The molecule has 0 aliphatic heterocycles. The fourth-order valence-corrected chi connectivity index (χ4v) is 9.11. The Hall–Kier alpha value is -3.28. The van der Waals surface area contributed by atoms with E-state index in [1.54, 1.807) is 9.80 Å². The molecule has 0 aliphatic carbocycles. The van der Waals surface area contributed by atoms with Crippen LogP contribution in [0.2, 0.25) is 0 Å². The summed E-state index contributed by atoms with van der Waals surface area (Å²) in [6.07, 6.45) is 48.2. The van der Waals surface area contributed by atoms with Gasteiger partial charge in [-0.1, -0.05) is 154 Å². The molecule has 0 rings (SSSR count). The summed E-state index contributed by atoms with van der Waals surface area (Å²) in [5, 5.41) is 25.0. The van der Waals surface area contributed by atoms with E-state index in [1.807, 2.05) is 34.7 Å². The highest BCUT2D eigenvalue weighted by Crippen LogP contribution is 2.19. The monoisotopic (exact) mass is 1010 g/mol. The van der Waals surface area contributed by atoms with Crippen LogP contribution in [0.25, 0.3) is 0 Å². The van der Waals surface area contributed by atoms with E-state index in [-0.39, 0.29) is 48.7 Å². The molecule has 11 nitrogen and oxygen atoms in total. The highest BCUT2D eigenvalue weighted by molar-refractivity contribution is 5.88. The Morgan fingerprint density at radius 2 is 0.736 bits per heavy atom. The summed E-state index contributed by atoms with van der Waals surface area (Å²) >= 11 is 0. The predicted octanol–water partition coefficient (Wildman–Crippen LogP) is 12.8. The zero-order valence-corrected chi connectivity index (χ0v) is 47.7. The van der Waals surface area contributed by atoms with Gasteiger partial charge in [-0.05, 0) is 134 Å². The highest BCUT2D eigenvalue weighted by atomic mass is 16.3. The van der Waals surface area contributed by atoms with Gasteiger partial charge in [-0.2, -0.15) is 0 Å². The van der Waals surface area contributed by atoms with Gasteiger partial charge in [-0.25, -0.2) is 0 Å². The first-order valence-corrected chi connectivity index (χ1v) is 29.6. The van der Waals surface area contributed by atoms with Crippen molar-refractivity contribution in [1.82, 2.24) is 25.3 Å². The third-order valence-electron chi connectivity index (χ3n) is 13.5. The molecule has 0 bridgehead atoms. The molecule has 11 heteroatoms. The highest BCUT2D eigenvalue weighted by Gasteiger charge is 2.33. The number of carbonyl (C=O) groups is 4. The van der Waals surface area contributed by atoms with E-state index < -0.39 is 12.1 Å². The van der Waals surface area contributed by atoms with Gasteiger partial charge in [0.1, 0.15) is 12.1 Å². The molecule has 4 amide bonds. The summed E-state index contributed by atoms with van der Waals surface area (Å²) in [4.78, 5) is 60.8. The number of aliphatic hydroxyl groups is 2. The molecule has 0 aromatic heterocycles. The number of nitrogens with one attached hydrogen (secondary N) is 2. The van der Waals surface area contributed by atoms with Crippen molar-refractivity contribution >= 4 is 23.6 Å². The number of rotatable bonds is 50. The molecule has 418 valence electrons. The van der Waals surface area contributed by atoms with Crippen molar-refractivity contribution in [1.29, 1.82) is 0 Å². The van der Waals surface area contributed by atoms with E-state index in [2.05, 4.69) is 78.0 Å². The molecular weight excluding hydrogens is 899 g/mol. The Labute approximate surface area is 442 Å². The van der Waals surface area contributed by atoms with Crippen LogP contribution in [0.4, 0.5) is 0 Å². The van der Waals surface area contributed by atoms with Crippen LogP contribution in [0.5, 0.6) is 0 Å². The number of unbranched alkanes of at least 4 members (excludes halogenated alkanes) is 20. The number of aliphatic hydroxyl groups excluding tert-OH is 2. The second-order valence-corrected chi connectivity index (χ2v) is 21.0. The van der Waals surface area contributed by atoms with Crippen molar-refractivity contribution < 1.29 is 29.4 Å². The third-order valence-corrected chi connectivity index (χ3v) is 13.5. The average Bonchev–Trinajstić information content (AvgIpc) is 3.35. The quantitative estimate of drug-likeness (QED) is 0.0351. The molecule has 0 spiro atoms. The fraction of sp³-hybridized carbons (Fsp3) is 0.803. The van der Waals surface area contributed by atoms with E-state index >= 15 is 0 Å². The predicted molar refractivity (Wildman–Crippen MR) is 305 cm³/mol. The Morgan fingerprint density at radius 1 is 0.417 bits per heavy atom. The Balaban J connectivity index is 5.07. The van der Waals surface area contributed by atoms with Crippen LogP contribution in [-0.2, 0) is 19.2 Å². The van der Waals surface area contributed by atoms with E-state index in [0.717, 1.165) is 116 Å². The fourth-order valence-electron chi connectivity index (χ4n) is 9.11. The minimum atomic E-state index is -0.577. The Bertz CT molecular complexity index is 1330. The SMILES string of the molecule is CCCCC/C=C\C/C=C\CCCCCCCC(=O)N(CCCCCO)C(C(=O)NCCN(C)CCNC(=O)C(C(C)C)N(CCCCCO)C(=O)CCCCCCC/C=C\C/C=C\CCCCC)C(C)C. The zero-order valence-electron chi connectivity index (χ0n) is 47.7. The zero-order chi connectivity index (χ0) is 53.3. The lowest BCUT2D eigenvalue weighted by molar-refractivity contribution is -0.142. The maximum Gasteiger partial charge on any atom is 0.243 e. The first-order chi connectivity index (χ1) is 35.0. The van der Waals surface area contributed by atoms with Gasteiger partial charge in [0.2, 0.25) is 23.6 Å². The number of nitrogens with zero attached hydrogens (tertiary/aromatic N) is 3. The number of carbonyl (C=O) groups excluding carboxylic acids is 4. The Kier molecular flexibility index (Phi) is 47.6. The van der Waals surface area contributed by atoms with Crippen LogP contribution in [0.1, 0.15) is 234 Å². The van der Waals surface area contributed by atoms with E-state index in [1.165, 1.54) is 51.4 Å². The first-order valence-electron chi connectivity index (χ1n) is 29.6. The molecule has 0 aromatic carbocycles. The van der Waals surface area contributed by atoms with Gasteiger partial charge in [0.05, 0.1) is 0 Å². The molecule has 0 radical (unpaired) electrons. The standard InChI is InChI=1S/C61H113N5O6/c1-8-10-12-14-16-18-20-22-24-26-28-30-32-34-38-44-56(69)65(48-40-36-42-52-67)58(54(3)4)60(71)62-46-50-64(7)51-47-63-61(72)59(55(5)6)66(49-41-37-43-53-68)57(70)45-39-35-33-31-29-27-25-23-21-19-17-15-13-11-9-2/h16-19,22-25,54-55,58-59,67-68H,8-15,20-21,26-53H2,1-7H3,(H,62,71)(H,63,72)/b18-16-,19-17-,24-22-,25-23-. The maximum absolute atomic E-state index is 13.8. The lowest BCUT2D eigenvalue weighted by atomic mass is 9.99. The van der Waals surface area contributed by atoms with Crippen molar-refractivity contribution in [3.63, 3.8) is 0 Å². The molecular formula is C61H113N5O6.